The van der Waals surface area contributed by atoms with E-state index in [0.717, 1.165) is 47.9 Å². The van der Waals surface area contributed by atoms with E-state index < -0.39 is 12.2 Å². The van der Waals surface area contributed by atoms with Gasteiger partial charge in [-0.1, -0.05) is 54.6 Å². The van der Waals surface area contributed by atoms with Crippen LogP contribution in [0.3, 0.4) is 0 Å². The molecular weight excluding hydrogens is 658 g/mol. The molecule has 0 aliphatic heterocycles. The molecule has 1 atom stereocenters. The first-order valence-electron chi connectivity index (χ1n) is 17.7. The van der Waals surface area contributed by atoms with Gasteiger partial charge in [-0.3, -0.25) is 14.5 Å². The molecule has 0 radical (unpaired) electrons. The van der Waals surface area contributed by atoms with Gasteiger partial charge in [-0.2, -0.15) is 0 Å². The third-order valence-corrected chi connectivity index (χ3v) is 9.76. The monoisotopic (exact) mass is 703 g/mol. The van der Waals surface area contributed by atoms with Crippen molar-refractivity contribution in [3.8, 4) is 16.9 Å². The molecule has 5 aromatic rings. The maximum atomic E-state index is 12.8. The van der Waals surface area contributed by atoms with Crippen molar-refractivity contribution in [3.05, 3.63) is 124 Å². The zero-order chi connectivity index (χ0) is 36.6. The van der Waals surface area contributed by atoms with Crippen molar-refractivity contribution < 1.29 is 24.9 Å². The fourth-order valence-electron chi connectivity index (χ4n) is 7.01. The van der Waals surface area contributed by atoms with E-state index in [-0.39, 0.29) is 41.4 Å². The second-order valence-corrected chi connectivity index (χ2v) is 13.5. The maximum absolute atomic E-state index is 12.8. The van der Waals surface area contributed by atoms with E-state index in [9.17, 15) is 29.7 Å². The summed E-state index contributed by atoms with van der Waals surface area (Å²) in [6, 6.07) is 29.2. The van der Waals surface area contributed by atoms with Crippen LogP contribution in [0, 0.1) is 0 Å². The molecule has 0 unspecified atom stereocenters. The van der Waals surface area contributed by atoms with E-state index >= 15 is 0 Å². The number of nitrogens with one attached hydrogen (secondary N) is 3. The lowest BCUT2D eigenvalue weighted by Crippen LogP contribution is -2.44. The van der Waals surface area contributed by atoms with Gasteiger partial charge in [0.15, 0.2) is 0 Å². The van der Waals surface area contributed by atoms with Gasteiger partial charge in [0.25, 0.3) is 0 Å². The Kier molecular flexibility index (Phi) is 11.6. The van der Waals surface area contributed by atoms with E-state index in [0.29, 0.717) is 48.1 Å². The van der Waals surface area contributed by atoms with E-state index in [4.69, 9.17) is 5.73 Å². The molecule has 11 nitrogen and oxygen atoms in total. The number of aromatic nitrogens is 1. The first-order chi connectivity index (χ1) is 25.2. The lowest BCUT2D eigenvalue weighted by atomic mass is 9.89. The minimum atomic E-state index is -0.968. The van der Waals surface area contributed by atoms with Crippen molar-refractivity contribution >= 4 is 34.3 Å². The van der Waals surface area contributed by atoms with Crippen LogP contribution in [0.2, 0.25) is 0 Å². The number of aliphatic hydroxyl groups excluding tert-OH is 1. The summed E-state index contributed by atoms with van der Waals surface area (Å²) in [4.78, 5) is 41.2. The van der Waals surface area contributed by atoms with Gasteiger partial charge >= 0.3 is 6.09 Å². The molecule has 1 saturated carbocycles. The van der Waals surface area contributed by atoms with Gasteiger partial charge in [-0.05, 0) is 97.2 Å². The van der Waals surface area contributed by atoms with E-state index in [1.807, 2.05) is 72.8 Å². The van der Waals surface area contributed by atoms with Crippen molar-refractivity contribution in [1.29, 1.82) is 0 Å². The molecule has 270 valence electrons. The van der Waals surface area contributed by atoms with E-state index in [1.165, 1.54) is 17.0 Å². The Morgan fingerprint density at radius 2 is 1.63 bits per heavy atom. The summed E-state index contributed by atoms with van der Waals surface area (Å²) in [5.74, 6) is -0.151. The van der Waals surface area contributed by atoms with Crippen LogP contribution in [-0.2, 0) is 17.8 Å². The van der Waals surface area contributed by atoms with Crippen LogP contribution in [0.5, 0.6) is 5.75 Å². The average Bonchev–Trinajstić information content (AvgIpc) is 3.14. The summed E-state index contributed by atoms with van der Waals surface area (Å²) >= 11 is 0. The summed E-state index contributed by atoms with van der Waals surface area (Å²) in [6.07, 6.45) is 2.84. The van der Waals surface area contributed by atoms with Gasteiger partial charge in [0.05, 0.1) is 17.3 Å². The van der Waals surface area contributed by atoms with Gasteiger partial charge in [-0.15, -0.1) is 0 Å². The first-order valence-corrected chi connectivity index (χ1v) is 17.7. The standard InChI is InChI=1S/C41H45N5O6/c42-29-12-16-31(17-13-29)46(41(51)52)35-20-11-26(23-34(35)28-6-2-1-3-7-28)5-4-8-38(49)44-30-14-9-27(10-15-30)24-43-25-37(48)32-18-21-36(47)40-33(32)19-22-39(50)45-40/h1-3,6-7,9-11,14-15,18-23,29,31,37,43,47-48H,4-5,8,12-13,16-17,24-25,42H2,(H,44,49)(H,45,50)(H,51,52)/t29-,31-,37-/m0/s1. The van der Waals surface area contributed by atoms with Crippen molar-refractivity contribution in [2.24, 2.45) is 5.73 Å². The maximum Gasteiger partial charge on any atom is 0.412 e. The van der Waals surface area contributed by atoms with Gasteiger partial charge < -0.3 is 36.7 Å². The largest absolute Gasteiger partial charge is 0.506 e. The third-order valence-electron chi connectivity index (χ3n) is 9.76. The molecule has 1 aromatic heterocycles. The smallest absolute Gasteiger partial charge is 0.412 e. The number of rotatable bonds is 13. The number of anilines is 2. The number of hydrogen-bond donors (Lipinski definition) is 7. The zero-order valence-corrected chi connectivity index (χ0v) is 28.9. The summed E-state index contributed by atoms with van der Waals surface area (Å²) in [5.41, 5.74) is 11.8. The highest BCUT2D eigenvalue weighted by atomic mass is 16.4. The molecule has 2 amide bonds. The molecule has 6 rings (SSSR count). The molecule has 11 heteroatoms. The Morgan fingerprint density at radius 3 is 2.37 bits per heavy atom. The number of aryl methyl sites for hydroxylation is 1. The van der Waals surface area contributed by atoms with Crippen LogP contribution < -0.4 is 26.8 Å². The Hall–Kier alpha value is -5.49. The van der Waals surface area contributed by atoms with Crippen molar-refractivity contribution in [3.63, 3.8) is 0 Å². The SMILES string of the molecule is N[C@H]1CC[C@H](N(C(=O)O)c2ccc(CCCC(=O)Nc3ccc(CNC[C@H](O)c4ccc(O)c5[nH]c(=O)ccc45)cc3)cc2-c2ccccc2)CC1. The Labute approximate surface area is 302 Å². The quantitative estimate of drug-likeness (QED) is 0.0732. The first kappa shape index (κ1) is 36.3. The fourth-order valence-corrected chi connectivity index (χ4v) is 7.01. The molecule has 1 aliphatic rings. The Morgan fingerprint density at radius 1 is 0.904 bits per heavy atom. The number of aromatic amines is 1. The van der Waals surface area contributed by atoms with Crippen LogP contribution in [-0.4, -0.2) is 50.9 Å². The Balaban J connectivity index is 1.01. The Bertz CT molecular complexity index is 2060. The lowest BCUT2D eigenvalue weighted by Gasteiger charge is -2.35. The number of amides is 2. The normalized spacial score (nSPS) is 16.3. The number of pyridine rings is 1. The number of carbonyl (C=O) groups is 2. The highest BCUT2D eigenvalue weighted by molar-refractivity contribution is 5.94. The van der Waals surface area contributed by atoms with Crippen LogP contribution >= 0.6 is 0 Å². The predicted octanol–water partition coefficient (Wildman–Crippen LogP) is 6.44. The number of nitrogens with two attached hydrogens (primary N) is 1. The summed E-state index contributed by atoms with van der Waals surface area (Å²) in [6.45, 7) is 0.738. The van der Waals surface area contributed by atoms with Crippen LogP contribution in [0.1, 0.15) is 61.3 Å². The highest BCUT2D eigenvalue weighted by Gasteiger charge is 2.30. The van der Waals surface area contributed by atoms with Gasteiger partial charge in [0, 0.05) is 54.3 Å². The highest BCUT2D eigenvalue weighted by Crippen LogP contribution is 2.36. The molecule has 1 aliphatic carbocycles. The molecule has 52 heavy (non-hydrogen) atoms. The van der Waals surface area contributed by atoms with Gasteiger partial charge in [0.2, 0.25) is 11.5 Å². The number of benzene rings is 4. The molecular formula is C41H45N5O6. The number of phenolic OH excluding ortho intramolecular Hbond substituents is 1. The lowest BCUT2D eigenvalue weighted by molar-refractivity contribution is -0.116. The molecule has 1 heterocycles. The zero-order valence-electron chi connectivity index (χ0n) is 28.9. The molecule has 0 spiro atoms. The topological polar surface area (TPSA) is 181 Å². The number of H-pyrrole nitrogens is 1. The van der Waals surface area contributed by atoms with Gasteiger partial charge in [0.1, 0.15) is 5.75 Å². The summed E-state index contributed by atoms with van der Waals surface area (Å²) < 4.78 is 0. The number of aromatic hydroxyl groups is 1. The van der Waals surface area contributed by atoms with Gasteiger partial charge in [-0.25, -0.2) is 4.79 Å². The van der Waals surface area contributed by atoms with E-state index in [1.54, 1.807) is 12.1 Å². The molecule has 0 bridgehead atoms. The van der Waals surface area contributed by atoms with Crippen LogP contribution in [0.25, 0.3) is 22.0 Å². The molecule has 0 saturated heterocycles. The third kappa shape index (κ3) is 8.86. The van der Waals surface area contributed by atoms with E-state index in [2.05, 4.69) is 15.6 Å². The number of hydrogen-bond acceptors (Lipinski definition) is 7. The van der Waals surface area contributed by atoms with Crippen molar-refractivity contribution in [2.45, 2.75) is 69.7 Å². The number of carboxylic acid groups (broad SMARTS) is 1. The van der Waals surface area contributed by atoms with Crippen LogP contribution in [0.15, 0.2) is 102 Å². The predicted molar refractivity (Wildman–Crippen MR) is 204 cm³/mol. The average molecular weight is 704 g/mol. The number of phenols is 1. The fraction of sp³-hybridized carbons (Fsp3) is 0.293. The number of fused-ring (bicyclic) bond motifs is 1. The van der Waals surface area contributed by atoms with Crippen molar-refractivity contribution in [1.82, 2.24) is 10.3 Å². The number of aliphatic hydroxyl groups is 1. The number of carbonyl (C=O) groups excluding carboxylic acids is 1. The van der Waals surface area contributed by atoms with Crippen LogP contribution in [0.4, 0.5) is 16.2 Å². The molecule has 4 aromatic carbocycles. The molecule has 1 fully saturated rings. The molecule has 8 N–H and O–H groups in total. The summed E-state index contributed by atoms with van der Waals surface area (Å²) in [5, 5.41) is 38.0. The summed E-state index contributed by atoms with van der Waals surface area (Å²) in [7, 11) is 0. The minimum absolute atomic E-state index is 0.0571. The number of nitrogens with zero attached hydrogens (tertiary/aromatic N) is 1. The minimum Gasteiger partial charge on any atom is -0.506 e. The second kappa shape index (κ2) is 16.7. The second-order valence-electron chi connectivity index (χ2n) is 13.5. The van der Waals surface area contributed by atoms with Crippen molar-refractivity contribution in [2.75, 3.05) is 16.8 Å².